The summed E-state index contributed by atoms with van der Waals surface area (Å²) in [5.41, 5.74) is 2.07. The molecule has 0 aliphatic carbocycles. The Kier molecular flexibility index (Phi) is 6.19. The molecule has 1 heterocycles. The molecule has 4 aromatic rings. The van der Waals surface area contributed by atoms with Gasteiger partial charge in [0.1, 0.15) is 5.76 Å². The number of nitrogens with one attached hydrogen (secondary N) is 2. The molecular weight excluding hydrogens is 446 g/mol. The second-order valence-electron chi connectivity index (χ2n) is 6.96. The molecule has 0 aliphatic rings. The highest BCUT2D eigenvalue weighted by Gasteiger charge is 2.14. The highest BCUT2D eigenvalue weighted by Crippen LogP contribution is 2.25. The van der Waals surface area contributed by atoms with Gasteiger partial charge in [-0.15, -0.1) is 0 Å². The molecule has 0 aliphatic heterocycles. The molecule has 0 bridgehead atoms. The fourth-order valence-electron chi connectivity index (χ4n) is 3.03. The third kappa shape index (κ3) is 5.25. The summed E-state index contributed by atoms with van der Waals surface area (Å²) in [6, 6.07) is 22.2. The lowest BCUT2D eigenvalue weighted by molar-refractivity contribution is -0.384. The first-order chi connectivity index (χ1) is 15.9. The van der Waals surface area contributed by atoms with Gasteiger partial charge in [0.2, 0.25) is 0 Å². The fourth-order valence-corrected chi connectivity index (χ4v) is 3.22. The third-order valence-electron chi connectivity index (χ3n) is 4.68. The maximum atomic E-state index is 12.5. The van der Waals surface area contributed by atoms with Crippen LogP contribution in [-0.4, -0.2) is 16.7 Å². The molecule has 8 nitrogen and oxygen atoms in total. The zero-order valence-electron chi connectivity index (χ0n) is 16.9. The van der Waals surface area contributed by atoms with Gasteiger partial charge >= 0.3 is 0 Å². The number of halogens is 1. The van der Waals surface area contributed by atoms with Gasteiger partial charge in [-0.3, -0.25) is 19.7 Å². The number of benzene rings is 3. The number of furan rings is 1. The van der Waals surface area contributed by atoms with Crippen LogP contribution in [0.25, 0.3) is 11.3 Å². The van der Waals surface area contributed by atoms with Crippen LogP contribution in [0.2, 0.25) is 5.02 Å². The molecule has 3 aromatic carbocycles. The zero-order valence-corrected chi connectivity index (χ0v) is 17.7. The fraction of sp³-hybridized carbons (Fsp3) is 0. The first-order valence-corrected chi connectivity index (χ1v) is 10.1. The minimum Gasteiger partial charge on any atom is -0.451 e. The van der Waals surface area contributed by atoms with Crippen LogP contribution >= 0.6 is 11.6 Å². The summed E-state index contributed by atoms with van der Waals surface area (Å²) in [5.74, 6) is -0.265. The van der Waals surface area contributed by atoms with Crippen LogP contribution in [0.3, 0.4) is 0 Å². The zero-order chi connectivity index (χ0) is 23.4. The number of carbonyl (C=O) groups excluding carboxylic acids is 2. The highest BCUT2D eigenvalue weighted by atomic mass is 35.5. The summed E-state index contributed by atoms with van der Waals surface area (Å²) in [6.07, 6.45) is 0. The van der Waals surface area contributed by atoms with Crippen molar-refractivity contribution in [1.82, 2.24) is 0 Å². The molecule has 4 rings (SSSR count). The quantitative estimate of drug-likeness (QED) is 0.269. The summed E-state index contributed by atoms with van der Waals surface area (Å²) in [6.45, 7) is 0. The van der Waals surface area contributed by atoms with Crippen molar-refractivity contribution in [1.29, 1.82) is 0 Å². The second kappa shape index (κ2) is 9.37. The molecule has 0 atom stereocenters. The van der Waals surface area contributed by atoms with Crippen molar-refractivity contribution < 1.29 is 18.9 Å². The van der Waals surface area contributed by atoms with E-state index in [2.05, 4.69) is 10.6 Å². The normalized spacial score (nSPS) is 10.5. The van der Waals surface area contributed by atoms with Crippen molar-refractivity contribution in [2.45, 2.75) is 0 Å². The Morgan fingerprint density at radius 2 is 1.45 bits per heavy atom. The van der Waals surface area contributed by atoms with Crippen LogP contribution in [0.5, 0.6) is 0 Å². The summed E-state index contributed by atoms with van der Waals surface area (Å²) < 4.78 is 5.59. The molecule has 0 radical (unpaired) electrons. The Morgan fingerprint density at radius 3 is 2.06 bits per heavy atom. The lowest BCUT2D eigenvalue weighted by Gasteiger charge is -2.08. The number of non-ortho nitro benzene ring substituents is 1. The Hall–Kier alpha value is -4.43. The number of nitrogens with zero attached hydrogens (tertiary/aromatic N) is 1. The van der Waals surface area contributed by atoms with E-state index in [0.29, 0.717) is 33.3 Å². The van der Waals surface area contributed by atoms with Gasteiger partial charge in [0.25, 0.3) is 17.5 Å². The number of anilines is 2. The van der Waals surface area contributed by atoms with Crippen molar-refractivity contribution in [2.24, 2.45) is 0 Å². The lowest BCUT2D eigenvalue weighted by atomic mass is 10.1. The Labute approximate surface area is 193 Å². The van der Waals surface area contributed by atoms with Crippen LogP contribution in [-0.2, 0) is 0 Å². The van der Waals surface area contributed by atoms with Crippen LogP contribution in [0.1, 0.15) is 20.9 Å². The van der Waals surface area contributed by atoms with Crippen molar-refractivity contribution >= 4 is 40.5 Å². The van der Waals surface area contributed by atoms with Gasteiger partial charge in [-0.1, -0.05) is 17.7 Å². The van der Waals surface area contributed by atoms with E-state index in [-0.39, 0.29) is 17.4 Å². The van der Waals surface area contributed by atoms with Crippen LogP contribution in [0, 0.1) is 10.1 Å². The number of hydrogen-bond acceptors (Lipinski definition) is 5. The van der Waals surface area contributed by atoms with Crippen LogP contribution < -0.4 is 10.6 Å². The first-order valence-electron chi connectivity index (χ1n) is 9.72. The van der Waals surface area contributed by atoms with Crippen molar-refractivity contribution in [3.05, 3.63) is 111 Å². The molecule has 2 amide bonds. The molecule has 0 saturated carbocycles. The van der Waals surface area contributed by atoms with Crippen molar-refractivity contribution in [2.75, 3.05) is 10.6 Å². The summed E-state index contributed by atoms with van der Waals surface area (Å²) in [7, 11) is 0. The van der Waals surface area contributed by atoms with Crippen LogP contribution in [0.4, 0.5) is 17.1 Å². The number of carbonyl (C=O) groups is 2. The molecular formula is C24H16ClN3O5. The van der Waals surface area contributed by atoms with E-state index in [1.165, 1.54) is 18.2 Å². The maximum absolute atomic E-state index is 12.5. The molecule has 0 fully saturated rings. The van der Waals surface area contributed by atoms with Gasteiger partial charge in [0.15, 0.2) is 5.76 Å². The van der Waals surface area contributed by atoms with E-state index in [1.807, 2.05) is 0 Å². The number of nitro benzene ring substituents is 1. The minimum atomic E-state index is -0.487. The largest absolute Gasteiger partial charge is 0.451 e. The topological polar surface area (TPSA) is 114 Å². The Morgan fingerprint density at radius 1 is 0.818 bits per heavy atom. The predicted molar refractivity (Wildman–Crippen MR) is 125 cm³/mol. The highest BCUT2D eigenvalue weighted by molar-refractivity contribution is 6.31. The van der Waals surface area contributed by atoms with Crippen LogP contribution in [0.15, 0.2) is 89.3 Å². The summed E-state index contributed by atoms with van der Waals surface area (Å²) in [4.78, 5) is 35.1. The summed E-state index contributed by atoms with van der Waals surface area (Å²) >= 11 is 5.91. The first kappa shape index (κ1) is 21.8. The van der Waals surface area contributed by atoms with Gasteiger partial charge < -0.3 is 15.1 Å². The predicted octanol–water partition coefficient (Wildman–Crippen LogP) is 6.01. The molecule has 164 valence electrons. The molecule has 1 aromatic heterocycles. The minimum absolute atomic E-state index is 0.0320. The Balaban J connectivity index is 1.39. The molecule has 2 N–H and O–H groups in total. The number of hydrogen-bond donors (Lipinski definition) is 2. The van der Waals surface area contributed by atoms with Gasteiger partial charge in [-0.2, -0.15) is 0 Å². The lowest BCUT2D eigenvalue weighted by Crippen LogP contribution is -2.12. The maximum Gasteiger partial charge on any atom is 0.291 e. The van der Waals surface area contributed by atoms with Crippen molar-refractivity contribution in [3.8, 4) is 11.3 Å². The van der Waals surface area contributed by atoms with Gasteiger partial charge in [0, 0.05) is 39.7 Å². The molecule has 9 heteroatoms. The van der Waals surface area contributed by atoms with Gasteiger partial charge in [0.05, 0.1) is 4.92 Å². The third-order valence-corrected chi connectivity index (χ3v) is 4.91. The van der Waals surface area contributed by atoms with Gasteiger partial charge in [-0.25, -0.2) is 0 Å². The average Bonchev–Trinajstić information content (AvgIpc) is 3.31. The molecule has 33 heavy (non-hydrogen) atoms. The van der Waals surface area contributed by atoms with E-state index in [4.69, 9.17) is 16.0 Å². The van der Waals surface area contributed by atoms with E-state index < -0.39 is 10.8 Å². The smallest absolute Gasteiger partial charge is 0.291 e. The number of amides is 2. The molecule has 0 saturated heterocycles. The van der Waals surface area contributed by atoms with E-state index in [0.717, 1.165) is 0 Å². The summed E-state index contributed by atoms with van der Waals surface area (Å²) in [5, 5.41) is 16.7. The van der Waals surface area contributed by atoms with Crippen molar-refractivity contribution in [3.63, 3.8) is 0 Å². The van der Waals surface area contributed by atoms with E-state index in [9.17, 15) is 19.7 Å². The second-order valence-corrected chi connectivity index (χ2v) is 7.40. The van der Waals surface area contributed by atoms with E-state index in [1.54, 1.807) is 66.7 Å². The number of rotatable bonds is 6. The monoisotopic (exact) mass is 461 g/mol. The molecule has 0 spiro atoms. The average molecular weight is 462 g/mol. The van der Waals surface area contributed by atoms with E-state index >= 15 is 0 Å². The SMILES string of the molecule is O=C(Nc1ccc(NC(=O)c2ccc(-c3ccc([N+](=O)[O-])cc3)o2)cc1)c1cccc(Cl)c1. The molecule has 0 unspecified atom stereocenters. The Bertz CT molecular complexity index is 1330. The van der Waals surface area contributed by atoms with Gasteiger partial charge in [-0.05, 0) is 66.7 Å². The number of nitro groups is 1. The standard InChI is InChI=1S/C24H16ClN3O5/c25-17-3-1-2-16(14-17)23(29)26-18-6-8-19(9-7-18)27-24(30)22-13-12-21(33-22)15-4-10-20(11-5-15)28(31)32/h1-14H,(H,26,29)(H,27,30).